The van der Waals surface area contributed by atoms with E-state index >= 15 is 0 Å². The molecule has 0 aliphatic carbocycles. The van der Waals surface area contributed by atoms with E-state index in [2.05, 4.69) is 14.5 Å². The molecule has 1 saturated heterocycles. The Kier molecular flexibility index (Phi) is 5.05. The molecule has 1 fully saturated rings. The quantitative estimate of drug-likeness (QED) is 0.173. The number of phosphoric acid groups is 1. The first-order chi connectivity index (χ1) is 8.26. The van der Waals surface area contributed by atoms with Gasteiger partial charge in [0.15, 0.2) is 6.29 Å². The van der Waals surface area contributed by atoms with Gasteiger partial charge in [-0.1, -0.05) is 5.11 Å². The standard InChI is InChI=1S/C6H12N3O8P/c7-9-8-1-2-3(10)4(11)5(12)6(16-2)17-18(13,14)15/h2-6,10-12H,1H2,(H2,13,14,15)/t2-,3-,4+,5+,6-/m1/s1. The van der Waals surface area contributed by atoms with Gasteiger partial charge in [-0.05, 0) is 5.53 Å². The van der Waals surface area contributed by atoms with Crippen molar-refractivity contribution >= 4 is 7.82 Å². The first kappa shape index (κ1) is 15.3. The molecule has 5 atom stereocenters. The summed E-state index contributed by atoms with van der Waals surface area (Å²) in [5.41, 5.74) is 8.11. The number of hydrogen-bond donors (Lipinski definition) is 5. The average Bonchev–Trinajstić information content (AvgIpc) is 2.27. The molecule has 0 spiro atoms. The van der Waals surface area contributed by atoms with Crippen LogP contribution in [-0.2, 0) is 13.8 Å². The molecule has 12 heteroatoms. The lowest BCUT2D eigenvalue weighted by Crippen LogP contribution is -2.58. The largest absolute Gasteiger partial charge is 0.472 e. The number of rotatable bonds is 4. The van der Waals surface area contributed by atoms with Crippen molar-refractivity contribution in [1.82, 2.24) is 0 Å². The SMILES string of the molecule is [N-]=[N+]=NC[C@H]1O[C@H](OP(=O)(O)O)[C@@H](O)[C@@H](O)[C@@H]1O. The van der Waals surface area contributed by atoms with E-state index < -0.39 is 45.1 Å². The van der Waals surface area contributed by atoms with Gasteiger partial charge in [0.05, 0.1) is 12.6 Å². The summed E-state index contributed by atoms with van der Waals surface area (Å²) in [6.07, 6.45) is -8.29. The zero-order chi connectivity index (χ0) is 13.9. The monoisotopic (exact) mass is 285 g/mol. The smallest absolute Gasteiger partial charge is 0.388 e. The predicted octanol–water partition coefficient (Wildman–Crippen LogP) is -1.79. The number of phosphoric ester groups is 1. The molecule has 0 bridgehead atoms. The molecule has 11 nitrogen and oxygen atoms in total. The minimum absolute atomic E-state index is 0.400. The Hall–Kier alpha value is -0.740. The molecule has 0 unspecified atom stereocenters. The van der Waals surface area contributed by atoms with Crippen molar-refractivity contribution in [2.24, 2.45) is 5.11 Å². The highest BCUT2D eigenvalue weighted by Crippen LogP contribution is 2.40. The van der Waals surface area contributed by atoms with Crippen LogP contribution in [0, 0.1) is 0 Å². The molecular formula is C6H12N3O8P. The first-order valence-electron chi connectivity index (χ1n) is 4.70. The van der Waals surface area contributed by atoms with Gasteiger partial charge in [-0.15, -0.1) is 0 Å². The molecule has 0 aromatic heterocycles. The minimum atomic E-state index is -4.95. The van der Waals surface area contributed by atoms with Gasteiger partial charge in [-0.2, -0.15) is 0 Å². The van der Waals surface area contributed by atoms with Gasteiger partial charge in [0, 0.05) is 4.91 Å². The Morgan fingerprint density at radius 1 is 1.28 bits per heavy atom. The summed E-state index contributed by atoms with van der Waals surface area (Å²) in [5.74, 6) is 0. The molecule has 104 valence electrons. The average molecular weight is 285 g/mol. The first-order valence-corrected chi connectivity index (χ1v) is 6.23. The maximum Gasteiger partial charge on any atom is 0.472 e. The fraction of sp³-hybridized carbons (Fsp3) is 1.00. The van der Waals surface area contributed by atoms with Crippen LogP contribution in [0.3, 0.4) is 0 Å². The van der Waals surface area contributed by atoms with Crippen LogP contribution < -0.4 is 0 Å². The van der Waals surface area contributed by atoms with Crippen LogP contribution in [-0.4, -0.2) is 62.4 Å². The van der Waals surface area contributed by atoms with Crippen LogP contribution in [0.25, 0.3) is 10.4 Å². The third-order valence-electron chi connectivity index (χ3n) is 2.23. The highest BCUT2D eigenvalue weighted by molar-refractivity contribution is 7.46. The summed E-state index contributed by atoms with van der Waals surface area (Å²) in [4.78, 5) is 19.6. The van der Waals surface area contributed by atoms with Crippen LogP contribution in [0.1, 0.15) is 0 Å². The molecule has 18 heavy (non-hydrogen) atoms. The molecule has 0 amide bonds. The molecule has 1 aliphatic heterocycles. The maximum atomic E-state index is 10.6. The highest BCUT2D eigenvalue weighted by Gasteiger charge is 2.46. The molecular weight excluding hydrogens is 273 g/mol. The minimum Gasteiger partial charge on any atom is -0.388 e. The zero-order valence-electron chi connectivity index (χ0n) is 8.84. The second kappa shape index (κ2) is 5.93. The lowest BCUT2D eigenvalue weighted by molar-refractivity contribution is -0.273. The molecule has 1 rings (SSSR count). The maximum absolute atomic E-state index is 10.6. The van der Waals surface area contributed by atoms with Crippen molar-refractivity contribution in [2.45, 2.75) is 30.7 Å². The van der Waals surface area contributed by atoms with Crippen LogP contribution >= 0.6 is 7.82 Å². The van der Waals surface area contributed by atoms with Crippen molar-refractivity contribution in [3.63, 3.8) is 0 Å². The fourth-order valence-corrected chi connectivity index (χ4v) is 1.85. The third kappa shape index (κ3) is 3.89. The molecule has 0 saturated carbocycles. The van der Waals surface area contributed by atoms with E-state index in [-0.39, 0.29) is 0 Å². The Morgan fingerprint density at radius 2 is 1.89 bits per heavy atom. The van der Waals surface area contributed by atoms with Gasteiger partial charge in [0.2, 0.25) is 0 Å². The molecule has 1 heterocycles. The van der Waals surface area contributed by atoms with Gasteiger partial charge < -0.3 is 29.8 Å². The van der Waals surface area contributed by atoms with Gasteiger partial charge in [-0.3, -0.25) is 4.52 Å². The van der Waals surface area contributed by atoms with Gasteiger partial charge >= 0.3 is 7.82 Å². The van der Waals surface area contributed by atoms with Crippen LogP contribution in [0.2, 0.25) is 0 Å². The zero-order valence-corrected chi connectivity index (χ0v) is 9.74. The van der Waals surface area contributed by atoms with Crippen molar-refractivity contribution in [3.05, 3.63) is 10.4 Å². The Bertz CT molecular complexity index is 381. The summed E-state index contributed by atoms with van der Waals surface area (Å²) < 4.78 is 19.5. The van der Waals surface area contributed by atoms with Crippen LogP contribution in [0.5, 0.6) is 0 Å². The van der Waals surface area contributed by atoms with E-state index in [9.17, 15) is 19.9 Å². The van der Waals surface area contributed by atoms with Gasteiger partial charge in [0.1, 0.15) is 18.3 Å². The van der Waals surface area contributed by atoms with E-state index in [4.69, 9.17) is 20.1 Å². The van der Waals surface area contributed by atoms with Crippen molar-refractivity contribution in [2.75, 3.05) is 6.54 Å². The molecule has 5 N–H and O–H groups in total. The lowest BCUT2D eigenvalue weighted by Gasteiger charge is -2.39. The Labute approximate surface area is 100 Å². The summed E-state index contributed by atoms with van der Waals surface area (Å²) in [5, 5.41) is 31.4. The summed E-state index contributed by atoms with van der Waals surface area (Å²) in [6, 6.07) is 0. The number of nitrogens with zero attached hydrogens (tertiary/aromatic N) is 3. The molecule has 0 radical (unpaired) electrons. The second-order valence-corrected chi connectivity index (χ2v) is 4.72. The highest BCUT2D eigenvalue weighted by atomic mass is 31.2. The third-order valence-corrected chi connectivity index (χ3v) is 2.72. The Balaban J connectivity index is 2.80. The Morgan fingerprint density at radius 3 is 2.39 bits per heavy atom. The van der Waals surface area contributed by atoms with E-state index in [1.165, 1.54) is 0 Å². The number of hydrogen-bond acceptors (Lipinski definition) is 7. The van der Waals surface area contributed by atoms with Crippen molar-refractivity contribution in [3.8, 4) is 0 Å². The van der Waals surface area contributed by atoms with Crippen molar-refractivity contribution < 1.29 is 38.9 Å². The van der Waals surface area contributed by atoms with E-state index in [1.807, 2.05) is 0 Å². The van der Waals surface area contributed by atoms with Gasteiger partial charge in [0.25, 0.3) is 0 Å². The van der Waals surface area contributed by atoms with E-state index in [0.717, 1.165) is 0 Å². The normalized spacial score (nSPS) is 37.1. The van der Waals surface area contributed by atoms with E-state index in [0.29, 0.717) is 0 Å². The van der Waals surface area contributed by atoms with Gasteiger partial charge in [-0.25, -0.2) is 4.57 Å². The number of aliphatic hydroxyl groups excluding tert-OH is 3. The van der Waals surface area contributed by atoms with Crippen molar-refractivity contribution in [1.29, 1.82) is 0 Å². The number of azide groups is 1. The van der Waals surface area contributed by atoms with Crippen LogP contribution in [0.15, 0.2) is 5.11 Å². The second-order valence-electron chi connectivity index (χ2n) is 3.52. The summed E-state index contributed by atoms with van der Waals surface area (Å²) in [7, 11) is -4.95. The lowest BCUT2D eigenvalue weighted by atomic mass is 9.99. The molecule has 0 aromatic rings. The summed E-state index contributed by atoms with van der Waals surface area (Å²) >= 11 is 0. The van der Waals surface area contributed by atoms with E-state index in [1.54, 1.807) is 0 Å². The fourth-order valence-electron chi connectivity index (χ4n) is 1.41. The topological polar surface area (TPSA) is 185 Å². The molecule has 1 aliphatic rings. The van der Waals surface area contributed by atoms with Crippen LogP contribution in [0.4, 0.5) is 0 Å². The predicted molar refractivity (Wildman–Crippen MR) is 53.8 cm³/mol. The number of aliphatic hydroxyl groups is 3. The number of ether oxygens (including phenoxy) is 1. The summed E-state index contributed by atoms with van der Waals surface area (Å²) in [6.45, 7) is -0.400. The molecule has 0 aromatic carbocycles.